The van der Waals surface area contributed by atoms with E-state index in [2.05, 4.69) is 31.2 Å². The van der Waals surface area contributed by atoms with E-state index in [1.807, 2.05) is 67.2 Å². The third kappa shape index (κ3) is 2.70. The molecular formula is C19H16BrN5O. The number of rotatable bonds is 3. The Hall–Kier alpha value is -2.93. The molecule has 130 valence electrons. The van der Waals surface area contributed by atoms with Crippen LogP contribution in [0.25, 0.3) is 16.6 Å². The summed E-state index contributed by atoms with van der Waals surface area (Å²) in [5.41, 5.74) is 2.81. The summed E-state index contributed by atoms with van der Waals surface area (Å²) in [7, 11) is 1.86. The van der Waals surface area contributed by atoms with E-state index in [-0.39, 0.29) is 5.56 Å². The number of aromatic nitrogens is 4. The van der Waals surface area contributed by atoms with Crippen LogP contribution in [0, 0.1) is 6.92 Å². The van der Waals surface area contributed by atoms with Crippen LogP contribution in [-0.4, -0.2) is 19.3 Å². The summed E-state index contributed by atoms with van der Waals surface area (Å²) in [6, 6.07) is 15.3. The minimum Gasteiger partial charge on any atom is -0.334 e. The molecule has 26 heavy (non-hydrogen) atoms. The van der Waals surface area contributed by atoms with Crippen molar-refractivity contribution in [2.75, 3.05) is 5.32 Å². The van der Waals surface area contributed by atoms with Crippen LogP contribution >= 0.6 is 15.9 Å². The van der Waals surface area contributed by atoms with Gasteiger partial charge in [-0.1, -0.05) is 34.1 Å². The highest BCUT2D eigenvalue weighted by molar-refractivity contribution is 9.10. The van der Waals surface area contributed by atoms with E-state index < -0.39 is 0 Å². The van der Waals surface area contributed by atoms with Crippen molar-refractivity contribution in [1.82, 2.24) is 19.3 Å². The molecule has 0 saturated heterocycles. The van der Waals surface area contributed by atoms with Crippen molar-refractivity contribution in [3.05, 3.63) is 75.4 Å². The van der Waals surface area contributed by atoms with Gasteiger partial charge < -0.3 is 5.32 Å². The number of nitrogens with one attached hydrogen (secondary N) is 1. The van der Waals surface area contributed by atoms with Crippen molar-refractivity contribution in [3.63, 3.8) is 0 Å². The average Bonchev–Trinajstić information content (AvgIpc) is 2.86. The van der Waals surface area contributed by atoms with Gasteiger partial charge in [0.1, 0.15) is 17.8 Å². The topological polar surface area (TPSA) is 64.7 Å². The number of hydrogen-bond donors (Lipinski definition) is 1. The van der Waals surface area contributed by atoms with Crippen molar-refractivity contribution in [1.29, 1.82) is 0 Å². The molecule has 2 aromatic heterocycles. The zero-order valence-corrected chi connectivity index (χ0v) is 15.9. The molecule has 2 heterocycles. The van der Waals surface area contributed by atoms with Crippen LogP contribution in [0.2, 0.25) is 0 Å². The van der Waals surface area contributed by atoms with E-state index >= 15 is 0 Å². The van der Waals surface area contributed by atoms with E-state index in [0.717, 1.165) is 26.8 Å². The molecule has 2 aromatic carbocycles. The van der Waals surface area contributed by atoms with Crippen LogP contribution in [0.3, 0.4) is 0 Å². The smallest absolute Gasteiger partial charge is 0.295 e. The Labute approximate surface area is 158 Å². The lowest BCUT2D eigenvalue weighted by Gasteiger charge is -2.08. The number of hydrogen-bond acceptors (Lipinski definition) is 4. The predicted octanol–water partition coefficient (Wildman–Crippen LogP) is 3.93. The van der Waals surface area contributed by atoms with E-state index in [9.17, 15) is 4.79 Å². The van der Waals surface area contributed by atoms with Gasteiger partial charge in [-0.3, -0.25) is 9.48 Å². The Balaban J connectivity index is 1.86. The summed E-state index contributed by atoms with van der Waals surface area (Å²) in [5, 5.41) is 4.06. The molecule has 0 aliphatic rings. The van der Waals surface area contributed by atoms with Crippen molar-refractivity contribution in [3.8, 4) is 5.69 Å². The zero-order valence-electron chi connectivity index (χ0n) is 14.3. The van der Waals surface area contributed by atoms with Gasteiger partial charge in [0.25, 0.3) is 5.56 Å². The van der Waals surface area contributed by atoms with Gasteiger partial charge in [-0.15, -0.1) is 0 Å². The summed E-state index contributed by atoms with van der Waals surface area (Å²) in [6.07, 6.45) is 1.49. The Morgan fingerprint density at radius 3 is 2.62 bits per heavy atom. The van der Waals surface area contributed by atoms with Crippen LogP contribution in [0.1, 0.15) is 5.69 Å². The molecule has 0 bridgehead atoms. The highest BCUT2D eigenvalue weighted by atomic mass is 79.9. The number of fused-ring (bicyclic) bond motifs is 1. The second-order valence-corrected chi connectivity index (χ2v) is 6.86. The summed E-state index contributed by atoms with van der Waals surface area (Å²) in [6.45, 7) is 1.91. The summed E-state index contributed by atoms with van der Waals surface area (Å²) in [5.74, 6) is 0.599. The van der Waals surface area contributed by atoms with Crippen LogP contribution in [-0.2, 0) is 7.05 Å². The van der Waals surface area contributed by atoms with Crippen molar-refractivity contribution >= 4 is 38.3 Å². The van der Waals surface area contributed by atoms with Gasteiger partial charge in [-0.05, 0) is 37.3 Å². The fourth-order valence-electron chi connectivity index (χ4n) is 2.96. The molecule has 4 aromatic rings. The second kappa shape index (κ2) is 6.42. The second-order valence-electron chi connectivity index (χ2n) is 5.95. The standard InChI is InChI=1S/C19H16BrN5O/c1-12-17(19(26)25(24(12)2)14-6-4-3-5-7-14)23-18-15-10-13(20)8-9-16(15)21-11-22-18/h3-11H,1-2H3,(H,21,22,23). The lowest BCUT2D eigenvalue weighted by molar-refractivity contribution is 0.630. The van der Waals surface area contributed by atoms with Crippen molar-refractivity contribution < 1.29 is 0 Å². The van der Waals surface area contributed by atoms with E-state index in [1.54, 1.807) is 4.68 Å². The third-order valence-electron chi connectivity index (χ3n) is 4.39. The quantitative estimate of drug-likeness (QED) is 0.556. The largest absolute Gasteiger partial charge is 0.334 e. The first-order chi connectivity index (χ1) is 12.6. The molecule has 0 unspecified atom stereocenters. The monoisotopic (exact) mass is 409 g/mol. The maximum Gasteiger partial charge on any atom is 0.295 e. The third-order valence-corrected chi connectivity index (χ3v) is 4.89. The summed E-state index contributed by atoms with van der Waals surface area (Å²) < 4.78 is 4.39. The van der Waals surface area contributed by atoms with E-state index in [1.165, 1.54) is 6.33 Å². The maximum absolute atomic E-state index is 13.0. The molecule has 0 radical (unpaired) electrons. The first-order valence-electron chi connectivity index (χ1n) is 8.07. The molecule has 0 aliphatic carbocycles. The van der Waals surface area contributed by atoms with E-state index in [0.29, 0.717) is 11.5 Å². The van der Waals surface area contributed by atoms with Gasteiger partial charge in [0.15, 0.2) is 0 Å². The molecule has 4 rings (SSSR count). The number of anilines is 2. The lowest BCUT2D eigenvalue weighted by atomic mass is 10.2. The maximum atomic E-state index is 13.0. The normalized spacial score (nSPS) is 11.0. The number of halogens is 1. The molecule has 0 saturated carbocycles. The highest BCUT2D eigenvalue weighted by Crippen LogP contribution is 2.26. The SMILES string of the molecule is Cc1c(Nc2ncnc3ccc(Br)cc23)c(=O)n(-c2ccccc2)n1C. The predicted molar refractivity (Wildman–Crippen MR) is 106 cm³/mol. The highest BCUT2D eigenvalue weighted by Gasteiger charge is 2.17. The minimum atomic E-state index is -0.127. The Morgan fingerprint density at radius 2 is 1.85 bits per heavy atom. The van der Waals surface area contributed by atoms with Crippen LogP contribution in [0.4, 0.5) is 11.5 Å². The van der Waals surface area contributed by atoms with Gasteiger partial charge in [-0.25, -0.2) is 14.6 Å². The van der Waals surface area contributed by atoms with Crippen LogP contribution in [0.15, 0.2) is 64.1 Å². The van der Waals surface area contributed by atoms with Crippen LogP contribution < -0.4 is 10.9 Å². The molecule has 0 fully saturated rings. The van der Waals surface area contributed by atoms with Crippen LogP contribution in [0.5, 0.6) is 0 Å². The molecular weight excluding hydrogens is 394 g/mol. The molecule has 0 spiro atoms. The van der Waals surface area contributed by atoms with Gasteiger partial charge in [0.05, 0.1) is 16.9 Å². The first-order valence-corrected chi connectivity index (χ1v) is 8.87. The van der Waals surface area contributed by atoms with Crippen molar-refractivity contribution in [2.45, 2.75) is 6.92 Å². The Bertz CT molecular complexity index is 1160. The zero-order chi connectivity index (χ0) is 18.3. The lowest BCUT2D eigenvalue weighted by Crippen LogP contribution is -2.20. The average molecular weight is 410 g/mol. The molecule has 6 nitrogen and oxygen atoms in total. The van der Waals surface area contributed by atoms with Crippen molar-refractivity contribution in [2.24, 2.45) is 7.05 Å². The number of benzene rings is 2. The molecule has 7 heteroatoms. The number of nitrogens with zero attached hydrogens (tertiary/aromatic N) is 4. The van der Waals surface area contributed by atoms with Gasteiger partial charge in [0, 0.05) is 16.9 Å². The Kier molecular flexibility index (Phi) is 4.08. The summed E-state index contributed by atoms with van der Waals surface area (Å²) in [4.78, 5) is 21.7. The minimum absolute atomic E-state index is 0.127. The first kappa shape index (κ1) is 16.5. The fraction of sp³-hybridized carbons (Fsp3) is 0.105. The van der Waals surface area contributed by atoms with Gasteiger partial charge >= 0.3 is 0 Å². The summed E-state index contributed by atoms with van der Waals surface area (Å²) >= 11 is 3.47. The van der Waals surface area contributed by atoms with Gasteiger partial charge in [-0.2, -0.15) is 0 Å². The number of para-hydroxylation sites is 1. The Morgan fingerprint density at radius 1 is 1.08 bits per heavy atom. The van der Waals surface area contributed by atoms with E-state index in [4.69, 9.17) is 0 Å². The molecule has 0 atom stereocenters. The molecule has 1 N–H and O–H groups in total. The van der Waals surface area contributed by atoms with Gasteiger partial charge in [0.2, 0.25) is 0 Å². The fourth-order valence-corrected chi connectivity index (χ4v) is 3.32. The molecule has 0 aliphatic heterocycles. The molecule has 0 amide bonds.